The van der Waals surface area contributed by atoms with Gasteiger partial charge in [-0.25, -0.2) is 15.0 Å². The summed E-state index contributed by atoms with van der Waals surface area (Å²) in [5.74, 6) is 1.01. The highest BCUT2D eigenvalue weighted by Gasteiger charge is 2.13. The van der Waals surface area contributed by atoms with Gasteiger partial charge < -0.3 is 4.98 Å². The molecule has 0 saturated carbocycles. The third-order valence-electron chi connectivity index (χ3n) is 2.72. The molecule has 0 atom stereocenters. The van der Waals surface area contributed by atoms with Crippen LogP contribution in [0.2, 0.25) is 0 Å². The highest BCUT2D eigenvalue weighted by molar-refractivity contribution is 5.43. The van der Waals surface area contributed by atoms with Crippen LogP contribution < -0.4 is 5.56 Å². The summed E-state index contributed by atoms with van der Waals surface area (Å²) in [6.07, 6.45) is 3.40. The number of hydrogen-bond acceptors (Lipinski definition) is 4. The van der Waals surface area contributed by atoms with Gasteiger partial charge in [-0.2, -0.15) is 0 Å². The predicted molar refractivity (Wildman–Crippen MR) is 69.4 cm³/mol. The second-order valence-corrected chi connectivity index (χ2v) is 4.65. The average molecular weight is 244 g/mol. The Kier molecular flexibility index (Phi) is 3.23. The van der Waals surface area contributed by atoms with Gasteiger partial charge in [0.1, 0.15) is 0 Å². The standard InChI is InChI=1S/C13H16N4O/c1-7(2)10-9(4)16-12(17-13(10)18)11-14-5-8(3)6-15-11/h5-7H,1-4H3,(H,16,17,18). The van der Waals surface area contributed by atoms with Gasteiger partial charge in [0.2, 0.25) is 0 Å². The first kappa shape index (κ1) is 12.4. The molecule has 0 radical (unpaired) electrons. The molecule has 0 aliphatic heterocycles. The van der Waals surface area contributed by atoms with Crippen molar-refractivity contribution in [1.29, 1.82) is 0 Å². The maximum atomic E-state index is 12.0. The number of hydrogen-bond donors (Lipinski definition) is 1. The van der Waals surface area contributed by atoms with Crippen LogP contribution in [0.5, 0.6) is 0 Å². The Hall–Kier alpha value is -2.04. The van der Waals surface area contributed by atoms with Crippen LogP contribution in [0.15, 0.2) is 17.2 Å². The van der Waals surface area contributed by atoms with Gasteiger partial charge in [-0.15, -0.1) is 0 Å². The van der Waals surface area contributed by atoms with Crippen molar-refractivity contribution in [1.82, 2.24) is 19.9 Å². The van der Waals surface area contributed by atoms with Gasteiger partial charge in [-0.1, -0.05) is 13.8 Å². The Balaban J connectivity index is 2.55. The SMILES string of the molecule is Cc1cnc(-c2nc(C)c(C(C)C)c(=O)[nH]2)nc1. The van der Waals surface area contributed by atoms with Gasteiger partial charge in [0.15, 0.2) is 11.6 Å². The van der Waals surface area contributed by atoms with Gasteiger partial charge in [-0.3, -0.25) is 4.79 Å². The molecule has 0 spiro atoms. The first-order chi connectivity index (χ1) is 8.49. The summed E-state index contributed by atoms with van der Waals surface area (Å²) < 4.78 is 0. The molecular formula is C13H16N4O. The molecule has 0 aromatic carbocycles. The minimum Gasteiger partial charge on any atom is -0.304 e. The van der Waals surface area contributed by atoms with Crippen LogP contribution in [-0.2, 0) is 0 Å². The maximum Gasteiger partial charge on any atom is 0.254 e. The fourth-order valence-corrected chi connectivity index (χ4v) is 1.90. The summed E-state index contributed by atoms with van der Waals surface area (Å²) >= 11 is 0. The zero-order chi connectivity index (χ0) is 13.3. The summed E-state index contributed by atoms with van der Waals surface area (Å²) in [4.78, 5) is 27.4. The van der Waals surface area contributed by atoms with E-state index in [1.165, 1.54) is 0 Å². The van der Waals surface area contributed by atoms with E-state index in [9.17, 15) is 4.79 Å². The van der Waals surface area contributed by atoms with Crippen LogP contribution in [0.4, 0.5) is 0 Å². The molecule has 18 heavy (non-hydrogen) atoms. The van der Waals surface area contributed by atoms with Gasteiger partial charge in [0, 0.05) is 23.7 Å². The van der Waals surface area contributed by atoms with E-state index in [4.69, 9.17) is 0 Å². The lowest BCUT2D eigenvalue weighted by Crippen LogP contribution is -2.19. The van der Waals surface area contributed by atoms with Crippen molar-refractivity contribution in [2.75, 3.05) is 0 Å². The lowest BCUT2D eigenvalue weighted by Gasteiger charge is -2.08. The molecule has 94 valence electrons. The Bertz CT molecular complexity index is 614. The molecule has 2 aromatic heterocycles. The second-order valence-electron chi connectivity index (χ2n) is 4.65. The van der Waals surface area contributed by atoms with E-state index in [1.54, 1.807) is 12.4 Å². The summed E-state index contributed by atoms with van der Waals surface area (Å²) in [7, 11) is 0. The molecule has 0 aliphatic carbocycles. The Labute approximate surface area is 105 Å². The minimum absolute atomic E-state index is 0.114. The highest BCUT2D eigenvalue weighted by Crippen LogP contribution is 2.15. The van der Waals surface area contributed by atoms with E-state index in [0.717, 1.165) is 11.3 Å². The Morgan fingerprint density at radius 3 is 2.28 bits per heavy atom. The van der Waals surface area contributed by atoms with Crippen LogP contribution in [0.25, 0.3) is 11.6 Å². The summed E-state index contributed by atoms with van der Waals surface area (Å²) in [6, 6.07) is 0. The lowest BCUT2D eigenvalue weighted by atomic mass is 10.0. The van der Waals surface area contributed by atoms with Crippen LogP contribution in [0, 0.1) is 13.8 Å². The third kappa shape index (κ3) is 2.30. The number of H-pyrrole nitrogens is 1. The Morgan fingerprint density at radius 2 is 1.78 bits per heavy atom. The minimum atomic E-state index is -0.114. The number of aryl methyl sites for hydroxylation is 2. The average Bonchev–Trinajstić information content (AvgIpc) is 2.28. The fourth-order valence-electron chi connectivity index (χ4n) is 1.90. The highest BCUT2D eigenvalue weighted by atomic mass is 16.1. The summed E-state index contributed by atoms with van der Waals surface area (Å²) in [5.41, 5.74) is 2.30. The molecule has 5 heteroatoms. The number of nitrogens with one attached hydrogen (secondary N) is 1. The Morgan fingerprint density at radius 1 is 1.17 bits per heavy atom. The van der Waals surface area contributed by atoms with E-state index in [2.05, 4.69) is 19.9 Å². The quantitative estimate of drug-likeness (QED) is 0.876. The molecule has 0 bridgehead atoms. The normalized spacial score (nSPS) is 10.9. The van der Waals surface area contributed by atoms with Gasteiger partial charge in [0.25, 0.3) is 5.56 Å². The zero-order valence-corrected chi connectivity index (χ0v) is 11.0. The van der Waals surface area contributed by atoms with Crippen molar-refractivity contribution >= 4 is 0 Å². The fraction of sp³-hybridized carbons (Fsp3) is 0.385. The lowest BCUT2D eigenvalue weighted by molar-refractivity contribution is 0.812. The topological polar surface area (TPSA) is 71.5 Å². The maximum absolute atomic E-state index is 12.0. The van der Waals surface area contributed by atoms with Crippen LogP contribution in [0.3, 0.4) is 0 Å². The van der Waals surface area contributed by atoms with Crippen LogP contribution >= 0.6 is 0 Å². The molecule has 0 saturated heterocycles. The molecule has 5 nitrogen and oxygen atoms in total. The van der Waals surface area contributed by atoms with Crippen molar-refractivity contribution in [3.05, 3.63) is 39.6 Å². The zero-order valence-electron chi connectivity index (χ0n) is 11.0. The summed E-state index contributed by atoms with van der Waals surface area (Å²) in [6.45, 7) is 7.69. The molecular weight excluding hydrogens is 228 g/mol. The van der Waals surface area contributed by atoms with Gasteiger partial charge in [-0.05, 0) is 25.3 Å². The first-order valence-electron chi connectivity index (χ1n) is 5.89. The number of aromatic amines is 1. The van der Waals surface area contributed by atoms with Crippen molar-refractivity contribution in [2.45, 2.75) is 33.6 Å². The number of rotatable bonds is 2. The molecule has 1 N–H and O–H groups in total. The van der Waals surface area contributed by atoms with E-state index in [0.29, 0.717) is 17.2 Å². The molecule has 0 fully saturated rings. The third-order valence-corrected chi connectivity index (χ3v) is 2.72. The van der Waals surface area contributed by atoms with E-state index in [1.807, 2.05) is 27.7 Å². The van der Waals surface area contributed by atoms with Crippen LogP contribution in [0.1, 0.15) is 36.6 Å². The molecule has 2 heterocycles. The number of nitrogens with zero attached hydrogens (tertiary/aromatic N) is 3. The van der Waals surface area contributed by atoms with Crippen molar-refractivity contribution in [3.8, 4) is 11.6 Å². The molecule has 2 aromatic rings. The van der Waals surface area contributed by atoms with Crippen molar-refractivity contribution in [2.24, 2.45) is 0 Å². The monoisotopic (exact) mass is 244 g/mol. The van der Waals surface area contributed by atoms with Crippen LogP contribution in [-0.4, -0.2) is 19.9 Å². The van der Waals surface area contributed by atoms with Gasteiger partial charge in [0.05, 0.1) is 0 Å². The van der Waals surface area contributed by atoms with E-state index >= 15 is 0 Å². The van der Waals surface area contributed by atoms with Gasteiger partial charge >= 0.3 is 0 Å². The summed E-state index contributed by atoms with van der Waals surface area (Å²) in [5, 5.41) is 0. The molecule has 0 amide bonds. The number of aromatic nitrogens is 4. The first-order valence-corrected chi connectivity index (χ1v) is 5.89. The molecule has 2 rings (SSSR count). The van der Waals surface area contributed by atoms with Crippen molar-refractivity contribution in [3.63, 3.8) is 0 Å². The van der Waals surface area contributed by atoms with E-state index < -0.39 is 0 Å². The van der Waals surface area contributed by atoms with E-state index in [-0.39, 0.29) is 11.5 Å². The van der Waals surface area contributed by atoms with Crippen molar-refractivity contribution < 1.29 is 0 Å². The predicted octanol–water partition coefficient (Wildman–Crippen LogP) is 1.97. The molecule has 0 aliphatic rings. The molecule has 0 unspecified atom stereocenters. The smallest absolute Gasteiger partial charge is 0.254 e. The largest absolute Gasteiger partial charge is 0.304 e. The second kappa shape index (κ2) is 4.68.